The van der Waals surface area contributed by atoms with Crippen LogP contribution in [0.5, 0.6) is 5.75 Å². The zero-order valence-electron chi connectivity index (χ0n) is 18.2. The van der Waals surface area contributed by atoms with E-state index in [9.17, 15) is 4.79 Å². The van der Waals surface area contributed by atoms with Crippen LogP contribution in [0.25, 0.3) is 0 Å². The maximum Gasteiger partial charge on any atom is 0.310 e. The lowest BCUT2D eigenvalue weighted by molar-refractivity contribution is -0.168. The van der Waals surface area contributed by atoms with Gasteiger partial charge in [-0.2, -0.15) is 0 Å². The zero-order valence-corrected chi connectivity index (χ0v) is 18.2. The van der Waals surface area contributed by atoms with E-state index in [2.05, 4.69) is 41.3 Å². The Morgan fingerprint density at radius 1 is 1.07 bits per heavy atom. The molecule has 4 heteroatoms. The van der Waals surface area contributed by atoms with Gasteiger partial charge in [0.1, 0.15) is 11.4 Å². The molecule has 160 valence electrons. The van der Waals surface area contributed by atoms with Crippen molar-refractivity contribution in [1.82, 2.24) is 4.90 Å². The van der Waals surface area contributed by atoms with Crippen LogP contribution in [-0.2, 0) is 21.6 Å². The average Bonchev–Trinajstić information content (AvgIpc) is 2.77. The number of likely N-dealkylation sites (tertiary alicyclic amines) is 1. The van der Waals surface area contributed by atoms with Crippen molar-refractivity contribution in [2.75, 3.05) is 26.7 Å². The molecule has 4 rings (SSSR count). The summed E-state index contributed by atoms with van der Waals surface area (Å²) in [7, 11) is 1.86. The summed E-state index contributed by atoms with van der Waals surface area (Å²) in [5, 5.41) is 0. The third-order valence-corrected chi connectivity index (χ3v) is 6.98. The summed E-state index contributed by atoms with van der Waals surface area (Å²) >= 11 is 0. The van der Waals surface area contributed by atoms with Crippen molar-refractivity contribution in [2.45, 2.75) is 44.6 Å². The van der Waals surface area contributed by atoms with Gasteiger partial charge in [0.2, 0.25) is 0 Å². The SMILES string of the molecule is CCC(=O)Oc1cccc(C2(OC)C3CCCC2CN(CCc2ccccc2)C3)c1. The lowest BCUT2D eigenvalue weighted by atomic mass is 9.62. The molecule has 30 heavy (non-hydrogen) atoms. The minimum Gasteiger partial charge on any atom is -0.427 e. The first-order valence-electron chi connectivity index (χ1n) is 11.3. The fourth-order valence-corrected chi connectivity index (χ4v) is 5.57. The number of ether oxygens (including phenoxy) is 2. The fraction of sp³-hybridized carbons (Fsp3) is 0.500. The minimum atomic E-state index is -0.296. The molecule has 0 amide bonds. The van der Waals surface area contributed by atoms with E-state index in [0.717, 1.165) is 31.6 Å². The Balaban J connectivity index is 1.54. The van der Waals surface area contributed by atoms with Crippen molar-refractivity contribution in [3.05, 3.63) is 65.7 Å². The third kappa shape index (κ3) is 4.17. The number of carbonyl (C=O) groups is 1. The van der Waals surface area contributed by atoms with Crippen LogP contribution in [0.3, 0.4) is 0 Å². The number of nitrogens with zero attached hydrogens (tertiary/aromatic N) is 1. The van der Waals surface area contributed by atoms with Gasteiger partial charge in [0.05, 0.1) is 0 Å². The molecule has 2 atom stereocenters. The molecule has 1 saturated carbocycles. The highest BCUT2D eigenvalue weighted by Gasteiger charge is 2.53. The molecular weight excluding hydrogens is 374 g/mol. The number of piperidine rings is 1. The molecule has 0 aromatic heterocycles. The van der Waals surface area contributed by atoms with E-state index in [0.29, 0.717) is 24.0 Å². The minimum absolute atomic E-state index is 0.199. The van der Waals surface area contributed by atoms with Gasteiger partial charge in [-0.3, -0.25) is 4.79 Å². The number of carbonyl (C=O) groups excluding carboxylic acids is 1. The van der Waals surface area contributed by atoms with Crippen LogP contribution in [-0.4, -0.2) is 37.6 Å². The number of methoxy groups -OCH3 is 1. The van der Waals surface area contributed by atoms with Gasteiger partial charge in [0, 0.05) is 45.0 Å². The van der Waals surface area contributed by atoms with Gasteiger partial charge in [-0.05, 0) is 42.5 Å². The third-order valence-electron chi connectivity index (χ3n) is 6.98. The average molecular weight is 408 g/mol. The normalized spacial score (nSPS) is 26.3. The molecule has 2 aliphatic rings. The summed E-state index contributed by atoms with van der Waals surface area (Å²) in [4.78, 5) is 14.4. The molecule has 0 N–H and O–H groups in total. The second-order valence-corrected chi connectivity index (χ2v) is 8.67. The predicted octanol–water partition coefficient (Wildman–Crippen LogP) is 4.82. The molecule has 4 nitrogen and oxygen atoms in total. The molecule has 2 bridgehead atoms. The van der Waals surface area contributed by atoms with Gasteiger partial charge in [0.15, 0.2) is 0 Å². The van der Waals surface area contributed by atoms with Crippen molar-refractivity contribution in [3.8, 4) is 5.75 Å². The maximum absolute atomic E-state index is 11.8. The fourth-order valence-electron chi connectivity index (χ4n) is 5.57. The molecule has 2 aromatic carbocycles. The Labute approximate surface area is 180 Å². The van der Waals surface area contributed by atoms with E-state index in [1.54, 1.807) is 0 Å². The van der Waals surface area contributed by atoms with Crippen molar-refractivity contribution in [3.63, 3.8) is 0 Å². The standard InChI is InChI=1S/C26H33NO3/c1-3-25(28)30-24-14-8-11-21(17-24)26(29-2)22-12-7-13-23(26)19-27(18-22)16-15-20-9-5-4-6-10-20/h4-6,8-11,14,17,22-23H,3,7,12-13,15-16,18-19H2,1-2H3. The Bertz CT molecular complexity index is 836. The monoisotopic (exact) mass is 407 g/mol. The molecule has 1 aliphatic carbocycles. The van der Waals surface area contributed by atoms with E-state index in [-0.39, 0.29) is 11.6 Å². The highest BCUT2D eigenvalue weighted by atomic mass is 16.5. The largest absolute Gasteiger partial charge is 0.427 e. The highest BCUT2D eigenvalue weighted by molar-refractivity contribution is 5.72. The van der Waals surface area contributed by atoms with E-state index >= 15 is 0 Å². The molecule has 0 radical (unpaired) electrons. The number of fused-ring (bicyclic) bond motifs is 2. The lowest BCUT2D eigenvalue weighted by Crippen LogP contribution is -2.59. The molecular formula is C26H33NO3. The Morgan fingerprint density at radius 2 is 1.80 bits per heavy atom. The topological polar surface area (TPSA) is 38.8 Å². The van der Waals surface area contributed by atoms with Crippen LogP contribution in [0.4, 0.5) is 0 Å². The summed E-state index contributed by atoms with van der Waals surface area (Å²) in [5.74, 6) is 1.32. The van der Waals surface area contributed by atoms with Gasteiger partial charge >= 0.3 is 5.97 Å². The second kappa shape index (κ2) is 9.32. The molecule has 1 saturated heterocycles. The van der Waals surface area contributed by atoms with Crippen molar-refractivity contribution in [2.24, 2.45) is 11.8 Å². The number of rotatable bonds is 7. The molecule has 0 spiro atoms. The summed E-state index contributed by atoms with van der Waals surface area (Å²) in [6, 6.07) is 18.8. The number of hydrogen-bond donors (Lipinski definition) is 0. The number of esters is 1. The van der Waals surface area contributed by atoms with Crippen LogP contribution in [0.2, 0.25) is 0 Å². The Kier molecular flexibility index (Phi) is 6.55. The number of hydrogen-bond acceptors (Lipinski definition) is 4. The predicted molar refractivity (Wildman–Crippen MR) is 118 cm³/mol. The molecule has 2 unspecified atom stereocenters. The molecule has 2 aromatic rings. The summed E-state index contributed by atoms with van der Waals surface area (Å²) < 4.78 is 11.9. The highest BCUT2D eigenvalue weighted by Crippen LogP contribution is 2.51. The summed E-state index contributed by atoms with van der Waals surface area (Å²) in [6.45, 7) is 5.01. The van der Waals surface area contributed by atoms with Gasteiger partial charge in [-0.25, -0.2) is 0 Å². The van der Waals surface area contributed by atoms with Crippen LogP contribution in [0.1, 0.15) is 43.7 Å². The van der Waals surface area contributed by atoms with E-state index in [1.807, 2.05) is 32.2 Å². The Hall–Kier alpha value is -2.17. The van der Waals surface area contributed by atoms with E-state index < -0.39 is 0 Å². The van der Waals surface area contributed by atoms with Crippen LogP contribution < -0.4 is 4.74 Å². The van der Waals surface area contributed by atoms with Gasteiger partial charge in [-0.1, -0.05) is 55.8 Å². The van der Waals surface area contributed by atoms with Gasteiger partial charge in [-0.15, -0.1) is 0 Å². The summed E-state index contributed by atoms with van der Waals surface area (Å²) in [6.07, 6.45) is 5.07. The maximum atomic E-state index is 11.8. The van der Waals surface area contributed by atoms with Gasteiger partial charge in [0.25, 0.3) is 0 Å². The van der Waals surface area contributed by atoms with E-state index in [4.69, 9.17) is 9.47 Å². The lowest BCUT2D eigenvalue weighted by Gasteiger charge is -2.55. The first-order chi connectivity index (χ1) is 14.7. The smallest absolute Gasteiger partial charge is 0.310 e. The molecule has 2 fully saturated rings. The van der Waals surface area contributed by atoms with Crippen LogP contribution in [0.15, 0.2) is 54.6 Å². The van der Waals surface area contributed by atoms with E-state index in [1.165, 1.54) is 24.8 Å². The quantitative estimate of drug-likeness (QED) is 0.487. The van der Waals surface area contributed by atoms with Crippen LogP contribution >= 0.6 is 0 Å². The van der Waals surface area contributed by atoms with Crippen molar-refractivity contribution in [1.29, 1.82) is 0 Å². The molecule has 1 heterocycles. The van der Waals surface area contributed by atoms with Gasteiger partial charge < -0.3 is 14.4 Å². The first-order valence-corrected chi connectivity index (χ1v) is 11.3. The van der Waals surface area contributed by atoms with Crippen molar-refractivity contribution < 1.29 is 14.3 Å². The summed E-state index contributed by atoms with van der Waals surface area (Å²) in [5.41, 5.74) is 2.26. The van der Waals surface area contributed by atoms with Crippen molar-refractivity contribution >= 4 is 5.97 Å². The second-order valence-electron chi connectivity index (χ2n) is 8.67. The molecule has 1 aliphatic heterocycles. The zero-order chi connectivity index (χ0) is 21.0. The number of benzene rings is 2. The first kappa shape index (κ1) is 21.1. The Morgan fingerprint density at radius 3 is 2.47 bits per heavy atom. The van der Waals surface area contributed by atoms with Crippen LogP contribution in [0, 0.1) is 11.8 Å².